The van der Waals surface area contributed by atoms with Crippen LogP contribution in [-0.2, 0) is 9.59 Å². The van der Waals surface area contributed by atoms with E-state index < -0.39 is 12.0 Å². The summed E-state index contributed by atoms with van der Waals surface area (Å²) < 4.78 is 0. The van der Waals surface area contributed by atoms with Crippen LogP contribution < -0.4 is 0 Å². The number of aliphatic carboxylic acids is 1. The molecule has 1 saturated heterocycles. The molecular weight excluding hydrogens is 362 g/mol. The highest BCUT2D eigenvalue weighted by molar-refractivity contribution is 5.84. The van der Waals surface area contributed by atoms with Crippen LogP contribution >= 0.6 is 0 Å². The van der Waals surface area contributed by atoms with Crippen LogP contribution in [0.25, 0.3) is 0 Å². The minimum Gasteiger partial charge on any atom is -0.480 e. The number of hydrogen-bond acceptors (Lipinski definition) is 2. The van der Waals surface area contributed by atoms with Gasteiger partial charge in [-0.3, -0.25) is 4.79 Å². The van der Waals surface area contributed by atoms with Gasteiger partial charge in [-0.25, -0.2) is 4.79 Å². The highest BCUT2D eigenvalue weighted by Gasteiger charge is 2.33. The number of carbonyl (C=O) groups excluding carboxylic acids is 1. The first-order chi connectivity index (χ1) is 14.2. The van der Waals surface area contributed by atoms with E-state index in [0.29, 0.717) is 19.4 Å². The van der Waals surface area contributed by atoms with Crippen LogP contribution in [0.3, 0.4) is 0 Å². The molecule has 1 heterocycles. The second-order valence-corrected chi connectivity index (χ2v) is 8.99. The molecule has 4 nitrogen and oxygen atoms in total. The van der Waals surface area contributed by atoms with Crippen molar-refractivity contribution in [3.05, 3.63) is 0 Å². The molecule has 1 N–H and O–H groups in total. The maximum absolute atomic E-state index is 12.2. The molecule has 0 unspecified atom stereocenters. The molecule has 0 aliphatic carbocycles. The van der Waals surface area contributed by atoms with Crippen LogP contribution in [0, 0.1) is 0 Å². The number of amides is 1. The molecule has 0 radical (unpaired) electrons. The normalized spacial score (nSPS) is 16.4. The third-order valence-corrected chi connectivity index (χ3v) is 6.35. The van der Waals surface area contributed by atoms with Gasteiger partial charge in [-0.1, -0.05) is 110 Å². The lowest BCUT2D eigenvalue weighted by atomic mass is 10.0. The van der Waals surface area contributed by atoms with Gasteiger partial charge in [-0.2, -0.15) is 0 Å². The van der Waals surface area contributed by atoms with Crippen LogP contribution in [0.2, 0.25) is 0 Å². The molecule has 1 aliphatic heterocycles. The molecule has 0 bridgehead atoms. The smallest absolute Gasteiger partial charge is 0.326 e. The topological polar surface area (TPSA) is 57.6 Å². The summed E-state index contributed by atoms with van der Waals surface area (Å²) in [6, 6.07) is -0.576. The number of nitrogens with zero attached hydrogens (tertiary/aromatic N) is 1. The third kappa shape index (κ3) is 13.0. The summed E-state index contributed by atoms with van der Waals surface area (Å²) >= 11 is 0. The standard InChI is InChI=1S/C25H47NO3/c1-2-3-4-5-6-7-8-9-10-11-12-13-14-15-16-17-18-21-24(27)26-22-19-20-23(26)25(28)29/h23H,2-22H2,1H3,(H,28,29)/t23-/m0/s1. The highest BCUT2D eigenvalue weighted by Crippen LogP contribution is 2.20. The van der Waals surface area contributed by atoms with E-state index in [1.807, 2.05) is 0 Å². The van der Waals surface area contributed by atoms with E-state index in [0.717, 1.165) is 19.3 Å². The Morgan fingerprint density at radius 3 is 1.55 bits per heavy atom. The predicted octanol–water partition coefficient (Wildman–Crippen LogP) is 7.10. The molecule has 0 aromatic heterocycles. The maximum atomic E-state index is 12.2. The Balaban J connectivity index is 1.80. The molecule has 1 amide bonds. The molecule has 0 spiro atoms. The molecule has 1 fully saturated rings. The average molecular weight is 410 g/mol. The lowest BCUT2D eigenvalue weighted by molar-refractivity contribution is -0.148. The summed E-state index contributed by atoms with van der Waals surface area (Å²) in [5, 5.41) is 9.16. The molecule has 1 aliphatic rings. The van der Waals surface area contributed by atoms with Crippen LogP contribution in [0.15, 0.2) is 0 Å². The van der Waals surface area contributed by atoms with Crippen LogP contribution in [0.4, 0.5) is 0 Å². The van der Waals surface area contributed by atoms with E-state index >= 15 is 0 Å². The highest BCUT2D eigenvalue weighted by atomic mass is 16.4. The number of carbonyl (C=O) groups is 2. The van der Waals surface area contributed by atoms with Gasteiger partial charge in [0.2, 0.25) is 5.91 Å². The zero-order valence-corrected chi connectivity index (χ0v) is 19.1. The maximum Gasteiger partial charge on any atom is 0.326 e. The molecule has 0 aromatic carbocycles. The summed E-state index contributed by atoms with van der Waals surface area (Å²) in [6.07, 6.45) is 24.6. The SMILES string of the molecule is CCCCCCCCCCCCCCCCCCCC(=O)N1CCC[C@H]1C(=O)O. The number of hydrogen-bond donors (Lipinski definition) is 1. The first-order valence-electron chi connectivity index (χ1n) is 12.7. The number of rotatable bonds is 19. The fourth-order valence-corrected chi connectivity index (χ4v) is 4.47. The van der Waals surface area contributed by atoms with Gasteiger partial charge in [-0.05, 0) is 19.3 Å². The van der Waals surface area contributed by atoms with Crippen molar-refractivity contribution in [3.8, 4) is 0 Å². The Labute approximate surface area is 179 Å². The van der Waals surface area contributed by atoms with Crippen molar-refractivity contribution in [2.24, 2.45) is 0 Å². The Morgan fingerprint density at radius 1 is 0.724 bits per heavy atom. The number of carboxylic acid groups (broad SMARTS) is 1. The van der Waals surface area contributed by atoms with Crippen molar-refractivity contribution in [1.29, 1.82) is 0 Å². The van der Waals surface area contributed by atoms with Crippen molar-refractivity contribution < 1.29 is 14.7 Å². The minimum absolute atomic E-state index is 0.0378. The Bertz CT molecular complexity index is 424. The van der Waals surface area contributed by atoms with E-state index in [2.05, 4.69) is 6.92 Å². The van der Waals surface area contributed by atoms with E-state index in [9.17, 15) is 9.59 Å². The number of carboxylic acids is 1. The number of unbranched alkanes of at least 4 members (excludes halogenated alkanes) is 16. The third-order valence-electron chi connectivity index (χ3n) is 6.35. The first kappa shape index (κ1) is 26.0. The van der Waals surface area contributed by atoms with Crippen LogP contribution in [-0.4, -0.2) is 34.5 Å². The molecule has 170 valence electrons. The van der Waals surface area contributed by atoms with Crippen molar-refractivity contribution in [3.63, 3.8) is 0 Å². The summed E-state index contributed by atoms with van der Waals surface area (Å²) in [5.74, 6) is -0.811. The monoisotopic (exact) mass is 409 g/mol. The fourth-order valence-electron chi connectivity index (χ4n) is 4.47. The second-order valence-electron chi connectivity index (χ2n) is 8.99. The van der Waals surface area contributed by atoms with Gasteiger partial charge in [-0.15, -0.1) is 0 Å². The van der Waals surface area contributed by atoms with Gasteiger partial charge in [0.05, 0.1) is 0 Å². The molecule has 4 heteroatoms. The number of likely N-dealkylation sites (tertiary alicyclic amines) is 1. The Kier molecular flexibility index (Phi) is 15.9. The summed E-state index contributed by atoms with van der Waals surface area (Å²) in [5.41, 5.74) is 0. The van der Waals surface area contributed by atoms with Gasteiger partial charge in [0.25, 0.3) is 0 Å². The zero-order valence-electron chi connectivity index (χ0n) is 19.1. The van der Waals surface area contributed by atoms with E-state index in [4.69, 9.17) is 5.11 Å². The van der Waals surface area contributed by atoms with Gasteiger partial charge in [0.1, 0.15) is 6.04 Å². The van der Waals surface area contributed by atoms with E-state index in [1.54, 1.807) is 4.90 Å². The van der Waals surface area contributed by atoms with Crippen molar-refractivity contribution >= 4 is 11.9 Å². The molecule has 1 rings (SSSR count). The van der Waals surface area contributed by atoms with Crippen molar-refractivity contribution in [2.45, 2.75) is 141 Å². The van der Waals surface area contributed by atoms with E-state index in [-0.39, 0.29) is 5.91 Å². The summed E-state index contributed by atoms with van der Waals surface area (Å²) in [7, 11) is 0. The first-order valence-corrected chi connectivity index (χ1v) is 12.7. The molecule has 0 saturated carbocycles. The Morgan fingerprint density at radius 2 is 1.14 bits per heavy atom. The molecule has 1 atom stereocenters. The summed E-state index contributed by atoms with van der Waals surface area (Å²) in [6.45, 7) is 2.90. The van der Waals surface area contributed by atoms with Crippen LogP contribution in [0.1, 0.15) is 135 Å². The quantitative estimate of drug-likeness (QED) is 0.231. The largest absolute Gasteiger partial charge is 0.480 e. The van der Waals surface area contributed by atoms with Gasteiger partial charge in [0.15, 0.2) is 0 Å². The van der Waals surface area contributed by atoms with Crippen molar-refractivity contribution in [1.82, 2.24) is 4.90 Å². The van der Waals surface area contributed by atoms with E-state index in [1.165, 1.54) is 96.3 Å². The molecule has 29 heavy (non-hydrogen) atoms. The van der Waals surface area contributed by atoms with Gasteiger partial charge in [0, 0.05) is 13.0 Å². The van der Waals surface area contributed by atoms with Crippen molar-refractivity contribution in [2.75, 3.05) is 6.54 Å². The lowest BCUT2D eigenvalue weighted by Crippen LogP contribution is -2.40. The predicted molar refractivity (Wildman–Crippen MR) is 121 cm³/mol. The molecule has 0 aromatic rings. The lowest BCUT2D eigenvalue weighted by Gasteiger charge is -2.21. The fraction of sp³-hybridized carbons (Fsp3) is 0.920. The summed E-state index contributed by atoms with van der Waals surface area (Å²) in [4.78, 5) is 24.9. The molecular formula is C25H47NO3. The second kappa shape index (κ2) is 17.8. The Hall–Kier alpha value is -1.06. The average Bonchev–Trinajstić information content (AvgIpc) is 3.20. The van der Waals surface area contributed by atoms with Gasteiger partial charge >= 0.3 is 5.97 Å². The minimum atomic E-state index is -0.849. The zero-order chi connectivity index (χ0) is 21.2. The van der Waals surface area contributed by atoms with Gasteiger partial charge < -0.3 is 10.0 Å². The van der Waals surface area contributed by atoms with Crippen LogP contribution in [0.5, 0.6) is 0 Å².